The summed E-state index contributed by atoms with van der Waals surface area (Å²) < 4.78 is 12.0. The van der Waals surface area contributed by atoms with Crippen LogP contribution in [0.5, 0.6) is 17.2 Å². The van der Waals surface area contributed by atoms with Gasteiger partial charge < -0.3 is 19.9 Å². The minimum absolute atomic E-state index is 0.0781. The molecular weight excluding hydrogens is 496 g/mol. The van der Waals surface area contributed by atoms with E-state index in [1.54, 1.807) is 13.2 Å². The quantitative estimate of drug-likeness (QED) is 0.242. The number of aromatic hydroxyl groups is 1. The highest BCUT2D eigenvalue weighted by Gasteiger charge is 2.10. The maximum atomic E-state index is 12.1. The molecule has 0 unspecified atom stereocenters. The third-order valence-electron chi connectivity index (χ3n) is 5.69. The fourth-order valence-electron chi connectivity index (χ4n) is 3.71. The van der Waals surface area contributed by atoms with Crippen LogP contribution >= 0.6 is 15.9 Å². The average Bonchev–Trinajstić information content (AvgIpc) is 2.86. The summed E-state index contributed by atoms with van der Waals surface area (Å²) in [7, 11) is 1.59. The van der Waals surface area contributed by atoms with Crippen molar-refractivity contribution in [1.82, 2.24) is 10.3 Å². The molecule has 0 spiro atoms. The van der Waals surface area contributed by atoms with Gasteiger partial charge in [-0.2, -0.15) is 0 Å². The molecule has 1 heterocycles. The van der Waals surface area contributed by atoms with Crippen molar-refractivity contribution in [3.05, 3.63) is 58.2 Å². The van der Waals surface area contributed by atoms with Gasteiger partial charge in [-0.1, -0.05) is 51.2 Å². The highest BCUT2D eigenvalue weighted by molar-refractivity contribution is 9.10. The SMILES string of the molecule is CCCCCCCCC(=O)NCc1ccc(OCc2ccc3ccc(O)c(Br)c3n2)c(OC)c1. The molecule has 3 rings (SSSR count). The van der Waals surface area contributed by atoms with Crippen LogP contribution in [0.4, 0.5) is 0 Å². The monoisotopic (exact) mass is 528 g/mol. The van der Waals surface area contributed by atoms with Gasteiger partial charge in [0.15, 0.2) is 11.5 Å². The molecule has 3 aromatic rings. The van der Waals surface area contributed by atoms with Crippen LogP contribution in [-0.4, -0.2) is 23.1 Å². The van der Waals surface area contributed by atoms with E-state index in [0.29, 0.717) is 34.5 Å². The number of fused-ring (bicyclic) bond motifs is 1. The zero-order valence-electron chi connectivity index (χ0n) is 19.9. The van der Waals surface area contributed by atoms with Gasteiger partial charge in [-0.05, 0) is 58.2 Å². The minimum Gasteiger partial charge on any atom is -0.507 e. The van der Waals surface area contributed by atoms with Gasteiger partial charge in [0.05, 0.1) is 22.8 Å². The van der Waals surface area contributed by atoms with Crippen LogP contribution in [0.2, 0.25) is 0 Å². The van der Waals surface area contributed by atoms with Crippen molar-refractivity contribution >= 4 is 32.7 Å². The lowest BCUT2D eigenvalue weighted by atomic mass is 10.1. The van der Waals surface area contributed by atoms with E-state index in [-0.39, 0.29) is 18.3 Å². The number of amides is 1. The topological polar surface area (TPSA) is 80.7 Å². The van der Waals surface area contributed by atoms with Crippen molar-refractivity contribution in [1.29, 1.82) is 0 Å². The molecule has 0 radical (unpaired) electrons. The van der Waals surface area contributed by atoms with Crippen molar-refractivity contribution < 1.29 is 19.4 Å². The number of phenols is 1. The summed E-state index contributed by atoms with van der Waals surface area (Å²) in [4.78, 5) is 16.7. The number of hydrogen-bond acceptors (Lipinski definition) is 5. The van der Waals surface area contributed by atoms with Gasteiger partial charge in [-0.25, -0.2) is 4.98 Å². The summed E-state index contributed by atoms with van der Waals surface area (Å²) >= 11 is 3.39. The highest BCUT2D eigenvalue weighted by Crippen LogP contribution is 2.32. The largest absolute Gasteiger partial charge is 0.507 e. The Balaban J connectivity index is 1.52. The molecule has 2 N–H and O–H groups in total. The molecule has 1 amide bonds. The number of hydrogen-bond donors (Lipinski definition) is 2. The fourth-order valence-corrected chi connectivity index (χ4v) is 4.16. The first-order valence-corrected chi connectivity index (χ1v) is 12.6. The van der Waals surface area contributed by atoms with Crippen LogP contribution in [0.25, 0.3) is 10.9 Å². The summed E-state index contributed by atoms with van der Waals surface area (Å²) in [6.07, 6.45) is 7.57. The van der Waals surface area contributed by atoms with Gasteiger partial charge in [0, 0.05) is 18.4 Å². The van der Waals surface area contributed by atoms with E-state index >= 15 is 0 Å². The number of aromatic nitrogens is 1. The first-order chi connectivity index (χ1) is 16.5. The van der Waals surface area contributed by atoms with E-state index in [9.17, 15) is 9.90 Å². The Labute approximate surface area is 209 Å². The number of phenolic OH excluding ortho intramolecular Hbond substituents is 1. The van der Waals surface area contributed by atoms with Gasteiger partial charge in [-0.3, -0.25) is 4.79 Å². The maximum Gasteiger partial charge on any atom is 0.220 e. The highest BCUT2D eigenvalue weighted by atomic mass is 79.9. The number of ether oxygens (including phenoxy) is 2. The molecule has 0 aliphatic rings. The van der Waals surface area contributed by atoms with Gasteiger partial charge in [-0.15, -0.1) is 0 Å². The number of methoxy groups -OCH3 is 1. The van der Waals surface area contributed by atoms with Crippen LogP contribution in [0, 0.1) is 0 Å². The molecule has 0 saturated carbocycles. The lowest BCUT2D eigenvalue weighted by Crippen LogP contribution is -2.22. The Hall–Kier alpha value is -2.80. The number of benzene rings is 2. The van der Waals surface area contributed by atoms with Crippen LogP contribution in [0.1, 0.15) is 63.1 Å². The second-order valence-electron chi connectivity index (χ2n) is 8.34. The number of halogens is 1. The number of nitrogens with zero attached hydrogens (tertiary/aromatic N) is 1. The molecule has 0 aliphatic carbocycles. The van der Waals surface area contributed by atoms with E-state index in [1.165, 1.54) is 25.7 Å². The number of rotatable bonds is 13. The predicted molar refractivity (Wildman–Crippen MR) is 138 cm³/mol. The number of nitrogens with one attached hydrogen (secondary N) is 1. The molecule has 182 valence electrons. The molecule has 0 aliphatic heterocycles. The molecule has 1 aromatic heterocycles. The normalized spacial score (nSPS) is 10.9. The van der Waals surface area contributed by atoms with Crippen molar-refractivity contribution in [2.45, 2.75) is 65.0 Å². The smallest absolute Gasteiger partial charge is 0.220 e. The second-order valence-corrected chi connectivity index (χ2v) is 9.13. The summed E-state index contributed by atoms with van der Waals surface area (Å²) in [6.45, 7) is 2.91. The van der Waals surface area contributed by atoms with Crippen LogP contribution < -0.4 is 14.8 Å². The lowest BCUT2D eigenvalue weighted by molar-refractivity contribution is -0.121. The summed E-state index contributed by atoms with van der Waals surface area (Å²) in [5.74, 6) is 1.42. The molecule has 0 saturated heterocycles. The van der Waals surface area contributed by atoms with Gasteiger partial charge >= 0.3 is 0 Å². The van der Waals surface area contributed by atoms with E-state index in [1.807, 2.05) is 36.4 Å². The minimum atomic E-state index is 0.0781. The van der Waals surface area contributed by atoms with Crippen LogP contribution in [0.15, 0.2) is 46.9 Å². The zero-order valence-corrected chi connectivity index (χ0v) is 21.5. The number of carbonyl (C=O) groups excluding carboxylic acids is 1. The number of unbranched alkanes of at least 4 members (excludes halogenated alkanes) is 5. The summed E-state index contributed by atoms with van der Waals surface area (Å²) in [6, 6.07) is 12.9. The number of pyridine rings is 1. The van der Waals surface area contributed by atoms with Gasteiger partial charge in [0.1, 0.15) is 12.4 Å². The molecule has 0 atom stereocenters. The Bertz CT molecular complexity index is 1100. The van der Waals surface area contributed by atoms with Gasteiger partial charge in [0.25, 0.3) is 0 Å². The maximum absolute atomic E-state index is 12.1. The second kappa shape index (κ2) is 13.2. The molecule has 2 aromatic carbocycles. The van der Waals surface area contributed by atoms with Crippen molar-refractivity contribution in [3.8, 4) is 17.2 Å². The fraction of sp³-hybridized carbons (Fsp3) is 0.407. The van der Waals surface area contributed by atoms with E-state index in [4.69, 9.17) is 9.47 Å². The van der Waals surface area contributed by atoms with Crippen molar-refractivity contribution in [2.24, 2.45) is 0 Å². The third-order valence-corrected chi connectivity index (χ3v) is 6.47. The molecule has 34 heavy (non-hydrogen) atoms. The third kappa shape index (κ3) is 7.35. The standard InChI is InChI=1S/C27H33BrN2O4/c1-3-4-5-6-7-8-9-25(32)29-17-19-10-15-23(24(16-19)33-2)34-18-21-13-11-20-12-14-22(31)26(28)27(20)30-21/h10-16,31H,3-9,17-18H2,1-2H3,(H,29,32). The van der Waals surface area contributed by atoms with Crippen molar-refractivity contribution in [2.75, 3.05) is 7.11 Å². The summed E-state index contributed by atoms with van der Waals surface area (Å²) in [5.41, 5.74) is 2.36. The molecule has 7 heteroatoms. The van der Waals surface area contributed by atoms with Crippen molar-refractivity contribution in [3.63, 3.8) is 0 Å². The Kier molecular flexibility index (Phi) is 10.0. The number of carbonyl (C=O) groups is 1. The Morgan fingerprint density at radius 1 is 1.03 bits per heavy atom. The Morgan fingerprint density at radius 2 is 1.79 bits per heavy atom. The first-order valence-electron chi connectivity index (χ1n) is 11.8. The van der Waals surface area contributed by atoms with Crippen LogP contribution in [-0.2, 0) is 17.9 Å². The lowest BCUT2D eigenvalue weighted by Gasteiger charge is -2.13. The molecular formula is C27H33BrN2O4. The van der Waals surface area contributed by atoms with E-state index in [0.717, 1.165) is 29.5 Å². The Morgan fingerprint density at radius 3 is 2.59 bits per heavy atom. The van der Waals surface area contributed by atoms with E-state index < -0.39 is 0 Å². The zero-order chi connectivity index (χ0) is 24.3. The molecule has 6 nitrogen and oxygen atoms in total. The first kappa shape index (κ1) is 25.8. The van der Waals surface area contributed by atoms with Crippen LogP contribution in [0.3, 0.4) is 0 Å². The molecule has 0 fully saturated rings. The average molecular weight is 529 g/mol. The molecule has 0 bridgehead atoms. The van der Waals surface area contributed by atoms with E-state index in [2.05, 4.69) is 33.2 Å². The predicted octanol–water partition coefficient (Wildman–Crippen LogP) is 6.66. The van der Waals surface area contributed by atoms with Gasteiger partial charge in [0.2, 0.25) is 5.91 Å². The summed E-state index contributed by atoms with van der Waals surface area (Å²) in [5, 5.41) is 13.8.